The van der Waals surface area contributed by atoms with Crippen LogP contribution in [0, 0.1) is 0 Å². The highest BCUT2D eigenvalue weighted by Crippen LogP contribution is 2.43. The molecule has 0 aliphatic heterocycles. The molecule has 2 heterocycles. The summed E-state index contributed by atoms with van der Waals surface area (Å²) in [4.78, 5) is 2.34. The first-order chi connectivity index (χ1) is 21.3. The molecule has 0 unspecified atom stereocenters. The molecule has 0 spiro atoms. The molecule has 202 valence electrons. The van der Waals surface area contributed by atoms with E-state index in [1.165, 1.54) is 36.7 Å². The minimum Gasteiger partial charge on any atom is -0.455 e. The predicted octanol–water partition coefficient (Wildman–Crippen LogP) is 12.2. The third-order valence-electron chi connectivity index (χ3n) is 8.46. The zero-order chi connectivity index (χ0) is 28.3. The van der Waals surface area contributed by atoms with E-state index in [1.807, 2.05) is 11.3 Å². The van der Waals surface area contributed by atoms with Gasteiger partial charge < -0.3 is 9.32 Å². The zero-order valence-corrected chi connectivity index (χ0v) is 24.0. The number of furan rings is 1. The summed E-state index contributed by atoms with van der Waals surface area (Å²) < 4.78 is 9.18. The third-order valence-corrected chi connectivity index (χ3v) is 9.59. The molecule has 0 atom stereocenters. The van der Waals surface area contributed by atoms with E-state index in [-0.39, 0.29) is 0 Å². The van der Waals surface area contributed by atoms with Gasteiger partial charge in [-0.25, -0.2) is 0 Å². The molecule has 0 aliphatic carbocycles. The van der Waals surface area contributed by atoms with Crippen molar-refractivity contribution in [1.29, 1.82) is 0 Å². The van der Waals surface area contributed by atoms with Gasteiger partial charge in [0.25, 0.3) is 0 Å². The van der Waals surface area contributed by atoms with Crippen LogP contribution in [-0.4, -0.2) is 0 Å². The van der Waals surface area contributed by atoms with Gasteiger partial charge in [0.15, 0.2) is 0 Å². The summed E-state index contributed by atoms with van der Waals surface area (Å²) in [6.07, 6.45) is 0. The molecule has 0 radical (unpaired) electrons. The molecular weight excluding hydrogens is 543 g/mol. The van der Waals surface area contributed by atoms with Crippen molar-refractivity contribution >= 4 is 81.3 Å². The maximum atomic E-state index is 6.59. The predicted molar refractivity (Wildman–Crippen MR) is 184 cm³/mol. The average molecular weight is 568 g/mol. The van der Waals surface area contributed by atoms with Crippen LogP contribution >= 0.6 is 11.3 Å². The fourth-order valence-electron chi connectivity index (χ4n) is 6.37. The number of fused-ring (bicyclic) bond motifs is 8. The summed E-state index contributed by atoms with van der Waals surface area (Å²) in [7, 11) is 0. The van der Waals surface area contributed by atoms with Crippen molar-refractivity contribution in [3.8, 4) is 11.1 Å². The summed E-state index contributed by atoms with van der Waals surface area (Å²) in [5.74, 6) is 0. The molecule has 9 rings (SSSR count). The lowest BCUT2D eigenvalue weighted by molar-refractivity contribution is 0.672. The third kappa shape index (κ3) is 3.93. The van der Waals surface area contributed by atoms with Crippen LogP contribution in [0.15, 0.2) is 156 Å². The number of nitrogens with zero attached hydrogens (tertiary/aromatic N) is 1. The van der Waals surface area contributed by atoms with E-state index in [0.29, 0.717) is 0 Å². The van der Waals surface area contributed by atoms with Gasteiger partial charge in [0.05, 0.1) is 0 Å². The number of rotatable bonds is 4. The highest BCUT2D eigenvalue weighted by molar-refractivity contribution is 7.25. The molecule has 0 saturated heterocycles. The van der Waals surface area contributed by atoms with Gasteiger partial charge in [-0.1, -0.05) is 97.1 Å². The zero-order valence-electron chi connectivity index (χ0n) is 23.2. The van der Waals surface area contributed by atoms with Gasteiger partial charge in [-0.2, -0.15) is 0 Å². The Morgan fingerprint density at radius 1 is 0.419 bits per heavy atom. The Bertz CT molecular complexity index is 2450. The highest BCUT2D eigenvalue weighted by atomic mass is 32.1. The summed E-state index contributed by atoms with van der Waals surface area (Å²) in [5, 5.41) is 7.20. The Balaban J connectivity index is 1.23. The van der Waals surface area contributed by atoms with Crippen LogP contribution in [0.2, 0.25) is 0 Å². The molecule has 0 aliphatic rings. The van der Waals surface area contributed by atoms with Crippen LogP contribution in [0.25, 0.3) is 64.0 Å². The Morgan fingerprint density at radius 3 is 1.91 bits per heavy atom. The number of hydrogen-bond donors (Lipinski definition) is 0. The molecule has 0 N–H and O–H groups in total. The molecule has 7 aromatic carbocycles. The fraction of sp³-hybridized carbons (Fsp3) is 0. The molecule has 0 saturated carbocycles. The van der Waals surface area contributed by atoms with Gasteiger partial charge >= 0.3 is 0 Å². The molecule has 0 fully saturated rings. The van der Waals surface area contributed by atoms with Crippen molar-refractivity contribution in [3.63, 3.8) is 0 Å². The number of anilines is 3. The van der Waals surface area contributed by atoms with E-state index in [2.05, 4.69) is 157 Å². The second kappa shape index (κ2) is 9.59. The van der Waals surface area contributed by atoms with Crippen molar-refractivity contribution in [2.75, 3.05) is 4.90 Å². The Morgan fingerprint density at radius 2 is 1.05 bits per heavy atom. The van der Waals surface area contributed by atoms with Gasteiger partial charge in [-0.15, -0.1) is 11.3 Å². The summed E-state index contributed by atoms with van der Waals surface area (Å²) in [5.41, 5.74) is 7.51. The number of benzene rings is 7. The molecule has 3 heteroatoms. The van der Waals surface area contributed by atoms with Crippen LogP contribution in [0.4, 0.5) is 17.1 Å². The lowest BCUT2D eigenvalue weighted by atomic mass is 10.0. The normalized spacial score (nSPS) is 11.7. The van der Waals surface area contributed by atoms with Crippen LogP contribution < -0.4 is 4.90 Å². The Labute approximate surface area is 252 Å². The summed E-state index contributed by atoms with van der Waals surface area (Å²) in [6, 6.07) is 54.3. The van der Waals surface area contributed by atoms with Gasteiger partial charge in [0.2, 0.25) is 0 Å². The lowest BCUT2D eigenvalue weighted by Gasteiger charge is -2.26. The average Bonchev–Trinajstić information content (AvgIpc) is 3.63. The number of thiophene rings is 1. The van der Waals surface area contributed by atoms with Gasteiger partial charge in [-0.05, 0) is 65.0 Å². The first-order valence-electron chi connectivity index (χ1n) is 14.5. The van der Waals surface area contributed by atoms with Crippen LogP contribution in [0.1, 0.15) is 0 Å². The SMILES string of the molecule is c1ccc(-c2ccc(N(c3ccc4c(c3)oc3c5ccccc5ccc43)c3ccc4c(c3)sc3ccccc34)cc2)cc1. The molecule has 2 aromatic heterocycles. The van der Waals surface area contributed by atoms with E-state index in [4.69, 9.17) is 4.42 Å². The van der Waals surface area contributed by atoms with E-state index in [9.17, 15) is 0 Å². The molecule has 0 bridgehead atoms. The van der Waals surface area contributed by atoms with Gasteiger partial charge in [0, 0.05) is 59.5 Å². The first kappa shape index (κ1) is 24.2. The topological polar surface area (TPSA) is 16.4 Å². The highest BCUT2D eigenvalue weighted by Gasteiger charge is 2.18. The largest absolute Gasteiger partial charge is 0.455 e. The summed E-state index contributed by atoms with van der Waals surface area (Å²) in [6.45, 7) is 0. The van der Waals surface area contributed by atoms with Crippen molar-refractivity contribution in [2.24, 2.45) is 0 Å². The Kier molecular flexibility index (Phi) is 5.40. The van der Waals surface area contributed by atoms with Gasteiger partial charge in [0.1, 0.15) is 11.2 Å². The smallest absolute Gasteiger partial charge is 0.143 e. The Hall–Kier alpha value is -5.38. The second-order valence-electron chi connectivity index (χ2n) is 11.0. The van der Waals surface area contributed by atoms with Crippen molar-refractivity contribution in [2.45, 2.75) is 0 Å². The quantitative estimate of drug-likeness (QED) is 0.210. The fourth-order valence-corrected chi connectivity index (χ4v) is 7.51. The second-order valence-corrected chi connectivity index (χ2v) is 12.1. The minimum atomic E-state index is 0.887. The van der Waals surface area contributed by atoms with Crippen molar-refractivity contribution < 1.29 is 4.42 Å². The van der Waals surface area contributed by atoms with E-state index in [0.717, 1.165) is 44.4 Å². The maximum absolute atomic E-state index is 6.59. The lowest BCUT2D eigenvalue weighted by Crippen LogP contribution is -2.09. The van der Waals surface area contributed by atoms with Crippen LogP contribution in [0.5, 0.6) is 0 Å². The van der Waals surface area contributed by atoms with Crippen LogP contribution in [0.3, 0.4) is 0 Å². The van der Waals surface area contributed by atoms with E-state index in [1.54, 1.807) is 0 Å². The van der Waals surface area contributed by atoms with E-state index >= 15 is 0 Å². The van der Waals surface area contributed by atoms with Crippen molar-refractivity contribution in [3.05, 3.63) is 152 Å². The van der Waals surface area contributed by atoms with Gasteiger partial charge in [-0.3, -0.25) is 0 Å². The van der Waals surface area contributed by atoms with Crippen molar-refractivity contribution in [1.82, 2.24) is 0 Å². The maximum Gasteiger partial charge on any atom is 0.143 e. The molecular formula is C40H25NOS. The molecule has 43 heavy (non-hydrogen) atoms. The monoisotopic (exact) mass is 567 g/mol. The standard InChI is InChI=1S/C40H25NOS/c1-2-8-26(9-3-1)27-14-17-29(18-15-27)41(31-20-23-35-34-12-6-7-13-38(34)43-39(35)25-31)30-19-22-33-36-21-16-28-10-4-5-11-32(28)40(36)42-37(33)24-30/h1-25H. The van der Waals surface area contributed by atoms with E-state index < -0.39 is 0 Å². The summed E-state index contributed by atoms with van der Waals surface area (Å²) >= 11 is 1.84. The molecule has 2 nitrogen and oxygen atoms in total. The number of hydrogen-bond acceptors (Lipinski definition) is 3. The van der Waals surface area contributed by atoms with Crippen LogP contribution in [-0.2, 0) is 0 Å². The first-order valence-corrected chi connectivity index (χ1v) is 15.3. The minimum absolute atomic E-state index is 0.887. The molecule has 9 aromatic rings. The molecule has 0 amide bonds.